The Morgan fingerprint density at radius 2 is 2.00 bits per heavy atom. The fourth-order valence-corrected chi connectivity index (χ4v) is 1.89. The van der Waals surface area contributed by atoms with Crippen LogP contribution in [0.5, 0.6) is 0 Å². The zero-order chi connectivity index (χ0) is 13.2. The summed E-state index contributed by atoms with van der Waals surface area (Å²) in [6.07, 6.45) is 5.04. The summed E-state index contributed by atoms with van der Waals surface area (Å²) in [6, 6.07) is -0.240. The maximum absolute atomic E-state index is 11.3. The van der Waals surface area contributed by atoms with E-state index in [0.717, 1.165) is 25.9 Å². The van der Waals surface area contributed by atoms with Crippen LogP contribution in [0.3, 0.4) is 0 Å². The molecule has 0 saturated carbocycles. The summed E-state index contributed by atoms with van der Waals surface area (Å²) < 4.78 is 5.55. The highest BCUT2D eigenvalue weighted by atomic mass is 16.5. The van der Waals surface area contributed by atoms with Gasteiger partial charge in [-0.15, -0.1) is 0 Å². The number of carboxylic acids is 1. The Bertz CT molecular complexity index is 265. The number of urea groups is 1. The number of carboxylic acid groups (broad SMARTS) is 1. The molecule has 0 aromatic carbocycles. The molecule has 0 aromatic heterocycles. The zero-order valence-electron chi connectivity index (χ0n) is 10.6. The second-order valence-corrected chi connectivity index (χ2v) is 4.46. The van der Waals surface area contributed by atoms with Crippen molar-refractivity contribution in [2.75, 3.05) is 19.7 Å². The minimum atomic E-state index is -0.841. The Morgan fingerprint density at radius 1 is 1.22 bits per heavy atom. The Hall–Kier alpha value is -1.30. The molecule has 104 valence electrons. The van der Waals surface area contributed by atoms with Crippen molar-refractivity contribution in [3.63, 3.8) is 0 Å². The summed E-state index contributed by atoms with van der Waals surface area (Å²) in [5.74, 6) is -0.841. The number of carbonyl (C=O) groups is 2. The van der Waals surface area contributed by atoms with Gasteiger partial charge >= 0.3 is 12.0 Å². The summed E-state index contributed by atoms with van der Waals surface area (Å²) in [4.78, 5) is 21.6. The van der Waals surface area contributed by atoms with Gasteiger partial charge in [0.1, 0.15) is 0 Å². The number of carbonyl (C=O) groups excluding carboxylic acids is 1. The van der Waals surface area contributed by atoms with Crippen molar-refractivity contribution in [1.29, 1.82) is 0 Å². The van der Waals surface area contributed by atoms with Crippen molar-refractivity contribution in [1.82, 2.24) is 10.6 Å². The molecule has 0 radical (unpaired) electrons. The lowest BCUT2D eigenvalue weighted by Gasteiger charge is -2.22. The minimum absolute atomic E-state index is 0.0796. The molecule has 1 atom stereocenters. The van der Waals surface area contributed by atoms with E-state index >= 15 is 0 Å². The molecular weight excluding hydrogens is 236 g/mol. The van der Waals surface area contributed by atoms with E-state index in [2.05, 4.69) is 10.6 Å². The number of rotatable bonds is 7. The first-order valence-corrected chi connectivity index (χ1v) is 6.53. The molecule has 3 N–H and O–H groups in total. The molecule has 1 fully saturated rings. The third-order valence-electron chi connectivity index (χ3n) is 2.88. The lowest BCUT2D eigenvalue weighted by Crippen LogP contribution is -2.38. The van der Waals surface area contributed by atoms with Gasteiger partial charge in [0, 0.05) is 26.1 Å². The van der Waals surface area contributed by atoms with Crippen LogP contribution in [0.2, 0.25) is 0 Å². The molecule has 1 heterocycles. The first kappa shape index (κ1) is 14.8. The lowest BCUT2D eigenvalue weighted by molar-refractivity contribution is -0.137. The molecule has 0 aromatic rings. The summed E-state index contributed by atoms with van der Waals surface area (Å²) in [7, 11) is 0. The van der Waals surface area contributed by atoms with Gasteiger partial charge in [-0.25, -0.2) is 4.79 Å². The van der Waals surface area contributed by atoms with Gasteiger partial charge in [-0.3, -0.25) is 4.79 Å². The maximum atomic E-state index is 11.3. The van der Waals surface area contributed by atoms with E-state index in [9.17, 15) is 9.59 Å². The molecule has 1 unspecified atom stereocenters. The first-order chi connectivity index (χ1) is 8.68. The fraction of sp³-hybridized carbons (Fsp3) is 0.833. The van der Waals surface area contributed by atoms with Crippen LogP contribution in [-0.4, -0.2) is 42.9 Å². The Labute approximate surface area is 107 Å². The van der Waals surface area contributed by atoms with Crippen molar-refractivity contribution in [2.45, 2.75) is 44.6 Å². The molecule has 2 amide bonds. The Kier molecular flexibility index (Phi) is 7.17. The van der Waals surface area contributed by atoms with Crippen LogP contribution in [0, 0.1) is 0 Å². The number of amides is 2. The SMILES string of the molecule is O=C(O)CCCNC(=O)NCCC1CCCCO1. The Balaban J connectivity index is 1.94. The number of hydrogen-bond donors (Lipinski definition) is 3. The van der Waals surface area contributed by atoms with Crippen molar-refractivity contribution >= 4 is 12.0 Å². The molecule has 6 nitrogen and oxygen atoms in total. The monoisotopic (exact) mass is 258 g/mol. The minimum Gasteiger partial charge on any atom is -0.481 e. The van der Waals surface area contributed by atoms with E-state index in [1.165, 1.54) is 6.42 Å². The average molecular weight is 258 g/mol. The number of hydrogen-bond acceptors (Lipinski definition) is 3. The quantitative estimate of drug-likeness (QED) is 0.597. The molecule has 0 spiro atoms. The molecule has 1 saturated heterocycles. The largest absolute Gasteiger partial charge is 0.481 e. The second-order valence-electron chi connectivity index (χ2n) is 4.46. The third-order valence-corrected chi connectivity index (χ3v) is 2.88. The van der Waals surface area contributed by atoms with Crippen molar-refractivity contribution in [3.05, 3.63) is 0 Å². The molecule has 18 heavy (non-hydrogen) atoms. The maximum Gasteiger partial charge on any atom is 0.314 e. The van der Waals surface area contributed by atoms with Crippen molar-refractivity contribution in [2.24, 2.45) is 0 Å². The third kappa shape index (κ3) is 7.11. The highest BCUT2D eigenvalue weighted by molar-refractivity contribution is 5.73. The second kappa shape index (κ2) is 8.74. The van der Waals surface area contributed by atoms with E-state index in [-0.39, 0.29) is 18.6 Å². The van der Waals surface area contributed by atoms with Crippen LogP contribution in [-0.2, 0) is 9.53 Å². The van der Waals surface area contributed by atoms with Crippen molar-refractivity contribution in [3.8, 4) is 0 Å². The van der Waals surface area contributed by atoms with E-state index < -0.39 is 5.97 Å². The van der Waals surface area contributed by atoms with Crippen molar-refractivity contribution < 1.29 is 19.4 Å². The normalized spacial score (nSPS) is 19.2. The lowest BCUT2D eigenvalue weighted by atomic mass is 10.1. The predicted molar refractivity (Wildman–Crippen MR) is 66.5 cm³/mol. The van der Waals surface area contributed by atoms with Gasteiger partial charge in [-0.05, 0) is 32.1 Å². The van der Waals surface area contributed by atoms with Gasteiger partial charge in [0.25, 0.3) is 0 Å². The fourth-order valence-electron chi connectivity index (χ4n) is 1.89. The summed E-state index contributed by atoms with van der Waals surface area (Å²) in [5.41, 5.74) is 0. The van der Waals surface area contributed by atoms with Crippen LogP contribution in [0.4, 0.5) is 4.79 Å². The average Bonchev–Trinajstić information content (AvgIpc) is 2.36. The number of ether oxygens (including phenoxy) is 1. The highest BCUT2D eigenvalue weighted by Crippen LogP contribution is 2.14. The molecule has 1 aliphatic rings. The smallest absolute Gasteiger partial charge is 0.314 e. The molecule has 1 rings (SSSR count). The van der Waals surface area contributed by atoms with E-state index in [4.69, 9.17) is 9.84 Å². The molecule has 1 aliphatic heterocycles. The summed E-state index contributed by atoms with van der Waals surface area (Å²) in [6.45, 7) is 1.81. The number of nitrogens with one attached hydrogen (secondary N) is 2. The van der Waals surface area contributed by atoms with Gasteiger partial charge in [0.05, 0.1) is 6.10 Å². The zero-order valence-corrected chi connectivity index (χ0v) is 10.6. The topological polar surface area (TPSA) is 87.7 Å². The van der Waals surface area contributed by atoms with Crippen LogP contribution < -0.4 is 10.6 Å². The van der Waals surface area contributed by atoms with Crippen LogP contribution in [0.1, 0.15) is 38.5 Å². The molecular formula is C12H22N2O4. The van der Waals surface area contributed by atoms with Crippen LogP contribution in [0.25, 0.3) is 0 Å². The predicted octanol–water partition coefficient (Wildman–Crippen LogP) is 1.11. The standard InChI is InChI=1S/C12H22N2O4/c15-11(16)5-3-7-13-12(17)14-8-6-10-4-1-2-9-18-10/h10H,1-9H2,(H,15,16)(H2,13,14,17). The van der Waals surface area contributed by atoms with Gasteiger partial charge in [-0.2, -0.15) is 0 Å². The van der Waals surface area contributed by atoms with Crippen LogP contribution in [0.15, 0.2) is 0 Å². The van der Waals surface area contributed by atoms with E-state index in [0.29, 0.717) is 19.5 Å². The summed E-state index contributed by atoms with van der Waals surface area (Å²) in [5, 5.41) is 13.8. The van der Waals surface area contributed by atoms with E-state index in [1.54, 1.807) is 0 Å². The Morgan fingerprint density at radius 3 is 2.67 bits per heavy atom. The van der Waals surface area contributed by atoms with Gasteiger partial charge in [0.2, 0.25) is 0 Å². The van der Waals surface area contributed by atoms with Gasteiger partial charge in [-0.1, -0.05) is 0 Å². The summed E-state index contributed by atoms with van der Waals surface area (Å²) >= 11 is 0. The number of aliphatic carboxylic acids is 1. The first-order valence-electron chi connectivity index (χ1n) is 6.53. The molecule has 0 aliphatic carbocycles. The van der Waals surface area contributed by atoms with E-state index in [1.807, 2.05) is 0 Å². The van der Waals surface area contributed by atoms with Gasteiger partial charge in [0.15, 0.2) is 0 Å². The molecule has 6 heteroatoms. The highest BCUT2D eigenvalue weighted by Gasteiger charge is 2.13. The molecule has 0 bridgehead atoms. The van der Waals surface area contributed by atoms with Crippen LogP contribution >= 0.6 is 0 Å². The van der Waals surface area contributed by atoms with Gasteiger partial charge < -0.3 is 20.5 Å².